The molecule has 0 radical (unpaired) electrons. The van der Waals surface area contributed by atoms with Gasteiger partial charge in [0.1, 0.15) is 0 Å². The predicted octanol–water partition coefficient (Wildman–Crippen LogP) is 3.84. The lowest BCUT2D eigenvalue weighted by Gasteiger charge is -2.14. The molecule has 0 amide bonds. The molecule has 0 spiro atoms. The van der Waals surface area contributed by atoms with Crippen LogP contribution in [0.3, 0.4) is 0 Å². The minimum absolute atomic E-state index is 0.646. The fourth-order valence-corrected chi connectivity index (χ4v) is 2.91. The van der Waals surface area contributed by atoms with Crippen LogP contribution in [0.1, 0.15) is 38.2 Å². The normalized spacial score (nSPS) is 17.2. The largest absolute Gasteiger partial charge is 0.361 e. The molecule has 2 aromatic rings. The molecule has 2 N–H and O–H groups in total. The molecule has 0 atom stereocenters. The Morgan fingerprint density at radius 3 is 2.94 bits per heavy atom. The fourth-order valence-electron chi connectivity index (χ4n) is 2.91. The molecular weight excluding hydrogens is 220 g/mol. The molecule has 1 saturated carbocycles. The zero-order valence-corrected chi connectivity index (χ0v) is 11.1. The number of aromatic nitrogens is 1. The predicted molar refractivity (Wildman–Crippen MR) is 76.6 cm³/mol. The minimum atomic E-state index is 0.646. The Bertz CT molecular complexity index is 523. The van der Waals surface area contributed by atoms with E-state index in [2.05, 4.69) is 41.5 Å². The van der Waals surface area contributed by atoms with E-state index in [4.69, 9.17) is 0 Å². The molecule has 1 fully saturated rings. The van der Waals surface area contributed by atoms with Gasteiger partial charge in [0.15, 0.2) is 0 Å². The summed E-state index contributed by atoms with van der Waals surface area (Å²) in [6, 6.07) is 8.80. The average molecular weight is 242 g/mol. The van der Waals surface area contributed by atoms with E-state index in [1.54, 1.807) is 0 Å². The maximum atomic E-state index is 3.64. The van der Waals surface area contributed by atoms with Crippen LogP contribution in [0.4, 0.5) is 0 Å². The van der Waals surface area contributed by atoms with Crippen molar-refractivity contribution in [2.45, 2.75) is 39.2 Å². The summed E-state index contributed by atoms with van der Waals surface area (Å²) in [5, 5.41) is 4.95. The number of rotatable bonds is 6. The first-order chi connectivity index (χ1) is 8.81. The summed E-state index contributed by atoms with van der Waals surface area (Å²) in [4.78, 5) is 3.23. The van der Waals surface area contributed by atoms with Crippen molar-refractivity contribution < 1.29 is 0 Å². The van der Waals surface area contributed by atoms with Crippen LogP contribution >= 0.6 is 0 Å². The highest BCUT2D eigenvalue weighted by Crippen LogP contribution is 2.48. The van der Waals surface area contributed by atoms with Crippen molar-refractivity contribution >= 4 is 10.9 Å². The quantitative estimate of drug-likeness (QED) is 0.791. The molecule has 0 bridgehead atoms. The van der Waals surface area contributed by atoms with Crippen LogP contribution in [0.5, 0.6) is 0 Å². The molecule has 1 aliphatic rings. The van der Waals surface area contributed by atoms with E-state index in [0.29, 0.717) is 5.41 Å². The molecule has 1 aliphatic carbocycles. The number of hydrogen-bond acceptors (Lipinski definition) is 1. The maximum Gasteiger partial charge on any atom is 0.0454 e. The number of benzene rings is 1. The van der Waals surface area contributed by atoms with Crippen LogP contribution in [0, 0.1) is 5.41 Å². The van der Waals surface area contributed by atoms with E-state index < -0.39 is 0 Å². The Morgan fingerprint density at radius 1 is 1.28 bits per heavy atom. The molecule has 2 heteroatoms. The van der Waals surface area contributed by atoms with Crippen molar-refractivity contribution in [1.82, 2.24) is 10.3 Å². The lowest BCUT2D eigenvalue weighted by Crippen LogP contribution is -2.23. The number of H-pyrrole nitrogens is 1. The van der Waals surface area contributed by atoms with Crippen LogP contribution in [-0.4, -0.2) is 11.5 Å². The summed E-state index contributed by atoms with van der Waals surface area (Å²) < 4.78 is 0. The summed E-state index contributed by atoms with van der Waals surface area (Å²) >= 11 is 0. The molecule has 1 heterocycles. The zero-order valence-electron chi connectivity index (χ0n) is 11.1. The van der Waals surface area contributed by atoms with E-state index in [0.717, 1.165) is 6.54 Å². The highest BCUT2D eigenvalue weighted by molar-refractivity contribution is 5.79. The maximum absolute atomic E-state index is 3.64. The van der Waals surface area contributed by atoms with Crippen LogP contribution in [0.2, 0.25) is 0 Å². The fraction of sp³-hybridized carbons (Fsp3) is 0.500. The van der Waals surface area contributed by atoms with Crippen molar-refractivity contribution in [1.29, 1.82) is 0 Å². The monoisotopic (exact) mass is 242 g/mol. The molecule has 1 aromatic heterocycles. The molecule has 0 saturated heterocycles. The molecule has 0 aliphatic heterocycles. The van der Waals surface area contributed by atoms with Crippen molar-refractivity contribution in [3.05, 3.63) is 36.0 Å². The Morgan fingerprint density at radius 2 is 2.17 bits per heavy atom. The van der Waals surface area contributed by atoms with Gasteiger partial charge in [-0.15, -0.1) is 0 Å². The molecular formula is C16H22N2. The van der Waals surface area contributed by atoms with E-state index in [1.165, 1.54) is 48.7 Å². The molecule has 0 unspecified atom stereocenters. The average Bonchev–Trinajstić information content (AvgIpc) is 2.97. The Balaban J connectivity index is 1.56. The van der Waals surface area contributed by atoms with E-state index in [-0.39, 0.29) is 0 Å². The molecule has 96 valence electrons. The van der Waals surface area contributed by atoms with Gasteiger partial charge < -0.3 is 10.3 Å². The summed E-state index contributed by atoms with van der Waals surface area (Å²) in [5.41, 5.74) is 3.25. The van der Waals surface area contributed by atoms with Crippen molar-refractivity contribution in [2.75, 3.05) is 6.54 Å². The Labute approximate surface area is 109 Å². The number of aromatic amines is 1. The summed E-state index contributed by atoms with van der Waals surface area (Å²) in [6.07, 6.45) is 7.55. The SMILES string of the molecule is CCCC1(CNCc2ccc3[nH]ccc3c2)CC1. The second kappa shape index (κ2) is 4.77. The molecule has 3 rings (SSSR count). The van der Waals surface area contributed by atoms with Gasteiger partial charge in [0.25, 0.3) is 0 Å². The third-order valence-corrected chi connectivity index (χ3v) is 4.18. The highest BCUT2D eigenvalue weighted by Gasteiger charge is 2.40. The van der Waals surface area contributed by atoms with Gasteiger partial charge in [0, 0.05) is 24.8 Å². The van der Waals surface area contributed by atoms with Gasteiger partial charge in [-0.1, -0.05) is 19.4 Å². The molecule has 2 nitrogen and oxygen atoms in total. The van der Waals surface area contributed by atoms with E-state index in [1.807, 2.05) is 6.20 Å². The van der Waals surface area contributed by atoms with Gasteiger partial charge in [-0.2, -0.15) is 0 Å². The van der Waals surface area contributed by atoms with Crippen molar-refractivity contribution in [3.63, 3.8) is 0 Å². The first-order valence-corrected chi connectivity index (χ1v) is 7.08. The van der Waals surface area contributed by atoms with Crippen LogP contribution in [-0.2, 0) is 6.54 Å². The van der Waals surface area contributed by atoms with Gasteiger partial charge >= 0.3 is 0 Å². The lowest BCUT2D eigenvalue weighted by molar-refractivity contribution is 0.421. The zero-order chi connectivity index (χ0) is 12.4. The Kier molecular flexibility index (Phi) is 3.13. The molecule has 1 aromatic carbocycles. The van der Waals surface area contributed by atoms with Crippen LogP contribution in [0.15, 0.2) is 30.5 Å². The smallest absolute Gasteiger partial charge is 0.0454 e. The summed E-state index contributed by atoms with van der Waals surface area (Å²) in [7, 11) is 0. The summed E-state index contributed by atoms with van der Waals surface area (Å²) in [6.45, 7) is 4.47. The third kappa shape index (κ3) is 2.44. The van der Waals surface area contributed by atoms with Gasteiger partial charge in [0.2, 0.25) is 0 Å². The highest BCUT2D eigenvalue weighted by atomic mass is 14.9. The van der Waals surface area contributed by atoms with Gasteiger partial charge in [-0.25, -0.2) is 0 Å². The van der Waals surface area contributed by atoms with Gasteiger partial charge in [0.05, 0.1) is 0 Å². The number of hydrogen-bond donors (Lipinski definition) is 2. The second-order valence-corrected chi connectivity index (χ2v) is 5.75. The van der Waals surface area contributed by atoms with Crippen LogP contribution in [0.25, 0.3) is 10.9 Å². The van der Waals surface area contributed by atoms with Crippen molar-refractivity contribution in [3.8, 4) is 0 Å². The van der Waals surface area contributed by atoms with Crippen molar-refractivity contribution in [2.24, 2.45) is 5.41 Å². The first kappa shape index (κ1) is 11.8. The van der Waals surface area contributed by atoms with Crippen LogP contribution < -0.4 is 5.32 Å². The topological polar surface area (TPSA) is 27.8 Å². The molecule has 18 heavy (non-hydrogen) atoms. The number of nitrogens with one attached hydrogen (secondary N) is 2. The minimum Gasteiger partial charge on any atom is -0.361 e. The Hall–Kier alpha value is -1.28. The first-order valence-electron chi connectivity index (χ1n) is 7.08. The van der Waals surface area contributed by atoms with E-state index in [9.17, 15) is 0 Å². The summed E-state index contributed by atoms with van der Waals surface area (Å²) in [5.74, 6) is 0. The lowest BCUT2D eigenvalue weighted by atomic mass is 10.0. The van der Waals surface area contributed by atoms with Gasteiger partial charge in [-0.3, -0.25) is 0 Å². The second-order valence-electron chi connectivity index (χ2n) is 5.75. The third-order valence-electron chi connectivity index (χ3n) is 4.18. The van der Waals surface area contributed by atoms with Gasteiger partial charge in [-0.05, 0) is 53.8 Å². The number of fused-ring (bicyclic) bond motifs is 1. The standard InChI is InChI=1S/C16H22N2/c1-2-6-16(7-8-16)12-17-11-13-3-4-15-14(10-13)5-9-18-15/h3-5,9-10,17-18H,2,6-8,11-12H2,1H3. The van der Waals surface area contributed by atoms with E-state index >= 15 is 0 Å².